The number of hydrogen-bond donors (Lipinski definition) is 2. The maximum atomic E-state index is 14.5. The molecule has 39 heavy (non-hydrogen) atoms. The molecule has 0 spiro atoms. The van der Waals surface area contributed by atoms with Crippen LogP contribution in [0.5, 0.6) is 0 Å². The molecule has 0 saturated carbocycles. The van der Waals surface area contributed by atoms with Crippen molar-refractivity contribution in [2.24, 2.45) is 0 Å². The van der Waals surface area contributed by atoms with Crippen LogP contribution in [0.2, 0.25) is 5.02 Å². The smallest absolute Gasteiger partial charge is 0.265 e. The van der Waals surface area contributed by atoms with Crippen LogP contribution in [0.3, 0.4) is 0 Å². The summed E-state index contributed by atoms with van der Waals surface area (Å²) >= 11 is 7.87. The number of halogens is 3. The number of alkyl halides is 1. The third kappa shape index (κ3) is 9.04. The summed E-state index contributed by atoms with van der Waals surface area (Å²) in [6.45, 7) is 5.90. The predicted octanol–water partition coefficient (Wildman–Crippen LogP) is 5.42. The molecule has 4 rings (SSSR count). The molecule has 2 N–H and O–H groups in total. The first kappa shape index (κ1) is 31.6. The molecule has 1 atom stereocenters. The number of carbonyl (C=O) groups excluding carboxylic acids is 1. The number of aryl methyl sites for hydroxylation is 1. The highest BCUT2D eigenvalue weighted by molar-refractivity contribution is 7.98. The summed E-state index contributed by atoms with van der Waals surface area (Å²) in [7, 11) is -4.32. The molecule has 0 radical (unpaired) electrons. The minimum atomic E-state index is -4.32. The lowest BCUT2D eigenvalue weighted by molar-refractivity contribution is -0.148. The summed E-state index contributed by atoms with van der Waals surface area (Å²) in [6, 6.07) is 10.4. The predicted molar refractivity (Wildman–Crippen MR) is 152 cm³/mol. The van der Waals surface area contributed by atoms with E-state index in [1.807, 2.05) is 9.62 Å². The second kappa shape index (κ2) is 14.1. The Morgan fingerprint density at radius 2 is 1.92 bits per heavy atom. The van der Waals surface area contributed by atoms with Crippen LogP contribution in [-0.2, 0) is 19.6 Å². The largest absolute Gasteiger partial charge is 0.381 e. The number of carbonyl (C=O) groups is 1. The van der Waals surface area contributed by atoms with Crippen LogP contribution in [0, 0.1) is 12.7 Å². The van der Waals surface area contributed by atoms with Crippen LogP contribution in [0.15, 0.2) is 46.2 Å². The zero-order valence-electron chi connectivity index (χ0n) is 22.4. The summed E-state index contributed by atoms with van der Waals surface area (Å²) in [6.07, 6.45) is 3.92. The van der Waals surface area contributed by atoms with Crippen molar-refractivity contribution in [2.45, 2.75) is 61.1 Å². The summed E-state index contributed by atoms with van der Waals surface area (Å²) in [5, 5.41) is 2.73. The lowest BCUT2D eigenvalue weighted by atomic mass is 9.95. The lowest BCUT2D eigenvalue weighted by Gasteiger charge is -2.34. The number of ether oxygens (including phenoxy) is 1. The van der Waals surface area contributed by atoms with Crippen LogP contribution in [-0.4, -0.2) is 70.0 Å². The maximum Gasteiger partial charge on any atom is 0.265 e. The third-order valence-electron chi connectivity index (χ3n) is 6.62. The van der Waals surface area contributed by atoms with E-state index in [2.05, 4.69) is 42.8 Å². The van der Waals surface area contributed by atoms with Crippen molar-refractivity contribution in [1.29, 1.82) is 0 Å². The van der Waals surface area contributed by atoms with Gasteiger partial charge in [-0.15, -0.1) is 11.8 Å². The number of hydrogen-bond acceptors (Lipinski definition) is 7. The number of amides is 1. The molecule has 2 aromatic carbocycles. The van der Waals surface area contributed by atoms with Crippen LogP contribution >= 0.6 is 23.4 Å². The first-order valence-corrected chi connectivity index (χ1v) is 15.9. The average molecular weight is 604 g/mol. The molecule has 2 aromatic rings. The van der Waals surface area contributed by atoms with Crippen LogP contribution < -0.4 is 10.0 Å². The highest BCUT2D eigenvalue weighted by atomic mass is 35.5. The van der Waals surface area contributed by atoms with Gasteiger partial charge >= 0.3 is 0 Å². The van der Waals surface area contributed by atoms with Crippen molar-refractivity contribution < 1.29 is 26.7 Å². The number of benzene rings is 2. The highest BCUT2D eigenvalue weighted by Gasteiger charge is 2.38. The van der Waals surface area contributed by atoms with E-state index < -0.39 is 38.4 Å². The van der Waals surface area contributed by atoms with Crippen molar-refractivity contribution in [3.8, 4) is 0 Å². The average Bonchev–Trinajstić information content (AvgIpc) is 2.87. The summed E-state index contributed by atoms with van der Waals surface area (Å²) in [4.78, 5) is 15.3. The Balaban J connectivity index is 0.000000395. The van der Waals surface area contributed by atoms with Crippen LogP contribution in [0.25, 0.3) is 0 Å². The molecule has 2 heterocycles. The number of sulfonamides is 1. The summed E-state index contributed by atoms with van der Waals surface area (Å²) in [5.74, 6) is -1.63. The normalized spacial score (nSPS) is 19.9. The molecule has 0 aliphatic carbocycles. The van der Waals surface area contributed by atoms with Gasteiger partial charge in [0.1, 0.15) is 17.6 Å². The van der Waals surface area contributed by atoms with E-state index in [0.29, 0.717) is 45.6 Å². The van der Waals surface area contributed by atoms with Crippen molar-refractivity contribution in [3.63, 3.8) is 0 Å². The Morgan fingerprint density at radius 3 is 2.49 bits per heavy atom. The molecule has 216 valence electrons. The van der Waals surface area contributed by atoms with Gasteiger partial charge < -0.3 is 10.1 Å². The monoisotopic (exact) mass is 603 g/mol. The van der Waals surface area contributed by atoms with Gasteiger partial charge in [-0.3, -0.25) is 9.69 Å². The summed E-state index contributed by atoms with van der Waals surface area (Å²) < 4.78 is 59.9. The first-order valence-electron chi connectivity index (χ1n) is 12.8. The number of nitrogens with zero attached hydrogens (tertiary/aromatic N) is 1. The number of thioether (sulfide) groups is 1. The molecule has 0 bridgehead atoms. The van der Waals surface area contributed by atoms with Gasteiger partial charge in [0.25, 0.3) is 15.9 Å². The zero-order chi connectivity index (χ0) is 28.6. The molecular formula is C27H36ClF2N3O4S2. The van der Waals surface area contributed by atoms with Crippen molar-refractivity contribution in [1.82, 2.24) is 9.62 Å². The molecule has 12 heteroatoms. The number of rotatable bonds is 9. The Kier molecular flexibility index (Phi) is 11.4. The second-order valence-electron chi connectivity index (χ2n) is 9.89. The van der Waals surface area contributed by atoms with E-state index in [-0.39, 0.29) is 10.7 Å². The minimum Gasteiger partial charge on any atom is -0.381 e. The van der Waals surface area contributed by atoms with Crippen molar-refractivity contribution in [3.05, 3.63) is 52.8 Å². The quantitative estimate of drug-likeness (QED) is 0.292. The molecule has 2 saturated heterocycles. The highest BCUT2D eigenvalue weighted by Crippen LogP contribution is 2.30. The molecule has 7 nitrogen and oxygen atoms in total. The van der Waals surface area contributed by atoms with E-state index in [4.69, 9.17) is 16.3 Å². The van der Waals surface area contributed by atoms with Crippen LogP contribution in [0.4, 0.5) is 14.5 Å². The van der Waals surface area contributed by atoms with E-state index in [1.165, 1.54) is 17.4 Å². The fourth-order valence-corrected chi connectivity index (χ4v) is 6.01. The fraction of sp³-hybridized carbons (Fsp3) is 0.519. The van der Waals surface area contributed by atoms with E-state index in [0.717, 1.165) is 25.0 Å². The van der Waals surface area contributed by atoms with Gasteiger partial charge in [0, 0.05) is 37.7 Å². The van der Waals surface area contributed by atoms with Gasteiger partial charge in [-0.05, 0) is 70.1 Å². The molecule has 2 fully saturated rings. The molecule has 2 aliphatic rings. The van der Waals surface area contributed by atoms with E-state index >= 15 is 0 Å². The third-order valence-corrected chi connectivity index (χ3v) is 8.98. The molecule has 1 amide bonds. The Labute approximate surface area is 239 Å². The molecule has 0 aromatic heterocycles. The number of likely N-dealkylation sites (tertiary alicyclic amines) is 1. The van der Waals surface area contributed by atoms with Gasteiger partial charge in [-0.25, -0.2) is 21.9 Å². The fourth-order valence-electron chi connectivity index (χ4n) is 4.16. The van der Waals surface area contributed by atoms with Crippen molar-refractivity contribution in [2.75, 3.05) is 44.4 Å². The van der Waals surface area contributed by atoms with Crippen LogP contribution in [0.1, 0.15) is 38.2 Å². The topological polar surface area (TPSA) is 87.7 Å². The van der Waals surface area contributed by atoms with Gasteiger partial charge in [-0.2, -0.15) is 0 Å². The van der Waals surface area contributed by atoms with Crippen molar-refractivity contribution >= 4 is 45.0 Å². The number of nitrogens with one attached hydrogen (secondary N) is 2. The second-order valence-corrected chi connectivity index (χ2v) is 12.9. The zero-order valence-corrected chi connectivity index (χ0v) is 24.8. The Bertz CT molecular complexity index is 1200. The van der Waals surface area contributed by atoms with E-state index in [9.17, 15) is 22.0 Å². The molecule has 1 unspecified atom stereocenters. The van der Waals surface area contributed by atoms with Gasteiger partial charge in [0.15, 0.2) is 0 Å². The van der Waals surface area contributed by atoms with Gasteiger partial charge in [0.2, 0.25) is 0 Å². The number of anilines is 1. The molecule has 2 aliphatic heterocycles. The van der Waals surface area contributed by atoms with Gasteiger partial charge in [0.05, 0.1) is 15.6 Å². The molecular weight excluding hydrogens is 568 g/mol. The standard InChI is InChI=1S/C19H26ClF2N3O4S.C8H10S/c1-19(5-2-3-8-29-19)18(26)24-30(27,28)14-9-15(20)17(16(22)10-14)23-6-4-7-25-11-13(21)12-25;1-7-3-5-8(9-2)6-4-7/h9-10,13,23H,2-8,11-12H2,1H3,(H,24,26);3-6H,1-2H3. The lowest BCUT2D eigenvalue weighted by Crippen LogP contribution is -2.50. The van der Waals surface area contributed by atoms with E-state index in [1.54, 1.807) is 11.8 Å². The Hall–Kier alpha value is -1.92. The van der Waals surface area contributed by atoms with Gasteiger partial charge in [-0.1, -0.05) is 29.3 Å². The minimum absolute atomic E-state index is 0.0171. The summed E-state index contributed by atoms with van der Waals surface area (Å²) in [5.41, 5.74) is 0.0673. The SMILES string of the molecule is CC1(C(=O)NS(=O)(=O)c2cc(F)c(NCCCN3CC(F)C3)c(Cl)c2)CCCCO1.CSc1ccc(C)cc1. The first-order chi connectivity index (χ1) is 18.4. The maximum absolute atomic E-state index is 14.5. The Morgan fingerprint density at radius 1 is 1.23 bits per heavy atom.